The zero-order chi connectivity index (χ0) is 13.1. The minimum atomic E-state index is 0.504. The van der Waals surface area contributed by atoms with Gasteiger partial charge in [-0.25, -0.2) is 0 Å². The van der Waals surface area contributed by atoms with Gasteiger partial charge in [0.25, 0.3) is 0 Å². The Hall–Kier alpha value is -1.26. The molecule has 4 heteroatoms. The Morgan fingerprint density at radius 3 is 2.79 bits per heavy atom. The Labute approximate surface area is 122 Å². The van der Waals surface area contributed by atoms with Gasteiger partial charge in [0.05, 0.1) is 15.8 Å². The van der Waals surface area contributed by atoms with Crippen molar-refractivity contribution in [2.24, 2.45) is 0 Å². The van der Waals surface area contributed by atoms with Crippen molar-refractivity contribution in [2.75, 3.05) is 4.90 Å². The first-order valence-electron chi connectivity index (χ1n) is 6.49. The van der Waals surface area contributed by atoms with Crippen molar-refractivity contribution >= 4 is 33.7 Å². The molecule has 0 N–H and O–H groups in total. The van der Waals surface area contributed by atoms with Gasteiger partial charge in [0.15, 0.2) is 0 Å². The maximum atomic E-state index is 4.18. The van der Waals surface area contributed by atoms with Crippen LogP contribution in [0.1, 0.15) is 24.6 Å². The first-order valence-corrected chi connectivity index (χ1v) is 8.25. The first kappa shape index (κ1) is 12.8. The van der Waals surface area contributed by atoms with Gasteiger partial charge in [0, 0.05) is 23.0 Å². The molecule has 1 atom stereocenters. The lowest BCUT2D eigenvalue weighted by atomic mass is 10.2. The van der Waals surface area contributed by atoms with Gasteiger partial charge >= 0.3 is 0 Å². The molecule has 98 valence electrons. The highest BCUT2D eigenvalue weighted by Crippen LogP contribution is 2.44. The zero-order valence-corrected chi connectivity index (χ0v) is 12.5. The number of hydrogen-bond donors (Lipinski definition) is 0. The third-order valence-corrected chi connectivity index (χ3v) is 5.34. The molecule has 19 heavy (non-hydrogen) atoms. The van der Waals surface area contributed by atoms with Crippen molar-refractivity contribution in [3.63, 3.8) is 0 Å². The largest absolute Gasteiger partial charge is 0.334 e. The molecule has 1 aliphatic heterocycles. The quantitative estimate of drug-likeness (QED) is 0.802. The minimum Gasteiger partial charge on any atom is -0.334 e. The van der Waals surface area contributed by atoms with Crippen LogP contribution >= 0.6 is 23.1 Å². The van der Waals surface area contributed by atoms with Gasteiger partial charge in [-0.3, -0.25) is 4.98 Å². The fraction of sp³-hybridized carbons (Fsp3) is 0.267. The SMILES string of the molecule is CCCC1SC(c2cncs2)=CN1c1ccccc1. The predicted octanol–water partition coefficient (Wildman–Crippen LogP) is 4.82. The molecule has 0 bridgehead atoms. The van der Waals surface area contributed by atoms with Crippen LogP contribution in [0.25, 0.3) is 4.91 Å². The van der Waals surface area contributed by atoms with E-state index in [0.717, 1.165) is 0 Å². The van der Waals surface area contributed by atoms with Crippen LogP contribution in [-0.4, -0.2) is 10.4 Å². The van der Waals surface area contributed by atoms with E-state index < -0.39 is 0 Å². The molecule has 1 aromatic heterocycles. The topological polar surface area (TPSA) is 16.1 Å². The number of anilines is 1. The lowest BCUT2D eigenvalue weighted by molar-refractivity contribution is 0.748. The highest BCUT2D eigenvalue weighted by atomic mass is 32.2. The molecule has 0 amide bonds. The van der Waals surface area contributed by atoms with E-state index in [2.05, 4.69) is 53.3 Å². The van der Waals surface area contributed by atoms with E-state index in [1.807, 2.05) is 23.5 Å². The van der Waals surface area contributed by atoms with Gasteiger partial charge in [-0.05, 0) is 18.6 Å². The molecule has 2 heterocycles. The third-order valence-electron chi connectivity index (χ3n) is 3.09. The Morgan fingerprint density at radius 2 is 2.11 bits per heavy atom. The van der Waals surface area contributed by atoms with Crippen molar-refractivity contribution in [3.8, 4) is 0 Å². The first-order chi connectivity index (χ1) is 9.38. The number of thiazole rings is 1. The number of thioether (sulfide) groups is 1. The Kier molecular flexibility index (Phi) is 3.89. The summed E-state index contributed by atoms with van der Waals surface area (Å²) < 4.78 is 0. The van der Waals surface area contributed by atoms with Crippen LogP contribution in [0.5, 0.6) is 0 Å². The van der Waals surface area contributed by atoms with Gasteiger partial charge in [-0.1, -0.05) is 43.3 Å². The minimum absolute atomic E-state index is 0.504. The lowest BCUT2D eigenvalue weighted by Crippen LogP contribution is -2.23. The van der Waals surface area contributed by atoms with Crippen LogP contribution in [-0.2, 0) is 0 Å². The number of aromatic nitrogens is 1. The summed E-state index contributed by atoms with van der Waals surface area (Å²) >= 11 is 3.66. The molecular formula is C15H16N2S2. The van der Waals surface area contributed by atoms with Crippen LogP contribution in [0.3, 0.4) is 0 Å². The lowest BCUT2D eigenvalue weighted by Gasteiger charge is -2.24. The van der Waals surface area contributed by atoms with Crippen molar-refractivity contribution in [2.45, 2.75) is 25.1 Å². The van der Waals surface area contributed by atoms with Crippen molar-refractivity contribution < 1.29 is 0 Å². The van der Waals surface area contributed by atoms with Crippen molar-refractivity contribution in [1.82, 2.24) is 4.98 Å². The predicted molar refractivity (Wildman–Crippen MR) is 85.3 cm³/mol. The van der Waals surface area contributed by atoms with Crippen LogP contribution in [0, 0.1) is 0 Å². The van der Waals surface area contributed by atoms with Crippen molar-refractivity contribution in [1.29, 1.82) is 0 Å². The molecule has 1 unspecified atom stereocenters. The van der Waals surface area contributed by atoms with E-state index >= 15 is 0 Å². The molecule has 2 aromatic rings. The summed E-state index contributed by atoms with van der Waals surface area (Å²) in [5, 5.41) is 0.504. The highest BCUT2D eigenvalue weighted by molar-refractivity contribution is 8.09. The maximum absolute atomic E-state index is 4.18. The van der Waals surface area contributed by atoms with Gasteiger partial charge in [-0.15, -0.1) is 11.3 Å². The number of hydrogen-bond acceptors (Lipinski definition) is 4. The number of para-hydroxylation sites is 1. The summed E-state index contributed by atoms with van der Waals surface area (Å²) in [6, 6.07) is 10.6. The van der Waals surface area contributed by atoms with Crippen LogP contribution < -0.4 is 4.90 Å². The van der Waals surface area contributed by atoms with Gasteiger partial charge in [0.1, 0.15) is 0 Å². The normalized spacial score (nSPS) is 18.7. The van der Waals surface area contributed by atoms with E-state index in [4.69, 9.17) is 0 Å². The highest BCUT2D eigenvalue weighted by Gasteiger charge is 2.26. The Bertz CT molecular complexity index is 549. The number of rotatable bonds is 4. The van der Waals surface area contributed by atoms with Crippen LogP contribution in [0.15, 0.2) is 48.2 Å². The number of benzene rings is 1. The van der Waals surface area contributed by atoms with Crippen molar-refractivity contribution in [3.05, 3.63) is 53.1 Å². The summed E-state index contributed by atoms with van der Waals surface area (Å²) in [5.74, 6) is 0. The van der Waals surface area contributed by atoms with Crippen LogP contribution in [0.4, 0.5) is 5.69 Å². The summed E-state index contributed by atoms with van der Waals surface area (Å²) in [6.07, 6.45) is 6.62. The molecule has 0 radical (unpaired) electrons. The monoisotopic (exact) mass is 288 g/mol. The van der Waals surface area contributed by atoms with E-state index in [1.54, 1.807) is 11.3 Å². The standard InChI is InChI=1S/C15H16N2S2/c1-2-6-15-17(12-7-4-3-5-8-12)10-14(19-15)13-9-16-11-18-13/h3-5,7-11,15H,2,6H2,1H3. The molecule has 3 rings (SSSR count). The van der Waals surface area contributed by atoms with Crippen LogP contribution in [0.2, 0.25) is 0 Å². The zero-order valence-electron chi connectivity index (χ0n) is 10.8. The van der Waals surface area contributed by atoms with Gasteiger partial charge < -0.3 is 4.90 Å². The van der Waals surface area contributed by atoms with E-state index in [0.29, 0.717) is 5.37 Å². The third kappa shape index (κ3) is 2.69. The van der Waals surface area contributed by atoms with E-state index in [1.165, 1.54) is 28.3 Å². The molecule has 0 saturated heterocycles. The molecule has 1 aromatic carbocycles. The summed E-state index contributed by atoms with van der Waals surface area (Å²) in [7, 11) is 0. The smallest absolute Gasteiger partial charge is 0.0841 e. The second-order valence-electron chi connectivity index (χ2n) is 4.46. The second kappa shape index (κ2) is 5.80. The molecule has 2 nitrogen and oxygen atoms in total. The molecular weight excluding hydrogens is 272 g/mol. The Morgan fingerprint density at radius 1 is 1.26 bits per heavy atom. The average molecular weight is 288 g/mol. The van der Waals surface area contributed by atoms with E-state index in [-0.39, 0.29) is 0 Å². The summed E-state index contributed by atoms with van der Waals surface area (Å²) in [5.41, 5.74) is 3.17. The fourth-order valence-corrected chi connectivity index (χ4v) is 4.29. The molecule has 1 aliphatic rings. The maximum Gasteiger partial charge on any atom is 0.0841 e. The summed E-state index contributed by atoms with van der Waals surface area (Å²) in [4.78, 5) is 9.18. The molecule has 0 saturated carbocycles. The van der Waals surface area contributed by atoms with Gasteiger partial charge in [-0.2, -0.15) is 0 Å². The molecule has 0 fully saturated rings. The summed E-state index contributed by atoms with van der Waals surface area (Å²) in [6.45, 7) is 2.24. The molecule has 0 aliphatic carbocycles. The Balaban J connectivity index is 1.90. The fourth-order valence-electron chi connectivity index (χ4n) is 2.19. The molecule has 0 spiro atoms. The number of nitrogens with zero attached hydrogens (tertiary/aromatic N) is 2. The van der Waals surface area contributed by atoms with Gasteiger partial charge in [0.2, 0.25) is 0 Å². The van der Waals surface area contributed by atoms with E-state index in [9.17, 15) is 0 Å². The average Bonchev–Trinajstić information content (AvgIpc) is 3.08. The second-order valence-corrected chi connectivity index (χ2v) is 6.57.